The Kier molecular flexibility index (Phi) is 5.75. The highest BCUT2D eigenvalue weighted by Gasteiger charge is 2.09. The number of aromatic nitrogens is 1. The van der Waals surface area contributed by atoms with Crippen LogP contribution in [0.4, 0.5) is 16.2 Å². The number of nitrogens with one attached hydrogen (secondary N) is 2. The Labute approximate surface area is 174 Å². The summed E-state index contributed by atoms with van der Waals surface area (Å²) < 4.78 is 11.0. The summed E-state index contributed by atoms with van der Waals surface area (Å²) in [6.07, 6.45) is 1.64. The number of ether oxygens (including phenoxy) is 1. The van der Waals surface area contributed by atoms with Crippen molar-refractivity contribution in [3.8, 4) is 28.5 Å². The van der Waals surface area contributed by atoms with E-state index in [-0.39, 0.29) is 6.03 Å². The number of hydrogen-bond donors (Lipinski definition) is 2. The van der Waals surface area contributed by atoms with Crippen LogP contribution in [0.25, 0.3) is 22.7 Å². The number of nitrogens with zero attached hydrogens (tertiary/aromatic N) is 1. The molecule has 0 aliphatic carbocycles. The van der Waals surface area contributed by atoms with Crippen molar-refractivity contribution in [2.75, 3.05) is 17.2 Å². The number of oxazole rings is 1. The molecule has 0 saturated carbocycles. The summed E-state index contributed by atoms with van der Waals surface area (Å²) in [5.41, 5.74) is 3.95. The maximum Gasteiger partial charge on any atom is 0.323 e. The molecule has 0 aliphatic rings. The van der Waals surface area contributed by atoms with Crippen molar-refractivity contribution < 1.29 is 13.9 Å². The fraction of sp³-hybridized carbons (Fsp3) is 0.0833. The van der Waals surface area contributed by atoms with Gasteiger partial charge in [-0.05, 0) is 55.5 Å². The van der Waals surface area contributed by atoms with Gasteiger partial charge in [0.25, 0.3) is 0 Å². The van der Waals surface area contributed by atoms with Crippen LogP contribution in [0.2, 0.25) is 0 Å². The second kappa shape index (κ2) is 8.96. The smallest absolute Gasteiger partial charge is 0.323 e. The van der Waals surface area contributed by atoms with Gasteiger partial charge in [-0.1, -0.05) is 30.3 Å². The number of carbonyl (C=O) groups excluding carboxylic acids is 1. The van der Waals surface area contributed by atoms with Crippen molar-refractivity contribution in [3.63, 3.8) is 0 Å². The molecule has 0 radical (unpaired) electrons. The molecule has 0 aliphatic heterocycles. The van der Waals surface area contributed by atoms with Gasteiger partial charge in [-0.3, -0.25) is 0 Å². The highest BCUT2D eigenvalue weighted by atomic mass is 16.5. The van der Waals surface area contributed by atoms with E-state index in [1.54, 1.807) is 30.5 Å². The molecule has 2 N–H and O–H groups in total. The van der Waals surface area contributed by atoms with E-state index in [1.165, 1.54) is 0 Å². The fourth-order valence-corrected chi connectivity index (χ4v) is 2.94. The Morgan fingerprint density at radius 3 is 2.13 bits per heavy atom. The molecule has 0 spiro atoms. The highest BCUT2D eigenvalue weighted by molar-refractivity contribution is 5.99. The quantitative estimate of drug-likeness (QED) is 0.414. The molecule has 6 nitrogen and oxygen atoms in total. The van der Waals surface area contributed by atoms with E-state index in [9.17, 15) is 4.79 Å². The number of carbonyl (C=O) groups is 1. The molecule has 0 fully saturated rings. The average molecular weight is 399 g/mol. The highest BCUT2D eigenvalue weighted by Crippen LogP contribution is 2.25. The van der Waals surface area contributed by atoms with E-state index in [0.29, 0.717) is 23.9 Å². The third-order valence-corrected chi connectivity index (χ3v) is 4.39. The minimum Gasteiger partial charge on any atom is -0.494 e. The Morgan fingerprint density at radius 1 is 0.867 bits per heavy atom. The molecule has 6 heteroatoms. The van der Waals surface area contributed by atoms with Crippen LogP contribution < -0.4 is 15.4 Å². The van der Waals surface area contributed by atoms with Crippen molar-refractivity contribution in [2.45, 2.75) is 6.92 Å². The number of amides is 2. The molecule has 0 atom stereocenters. The van der Waals surface area contributed by atoms with Gasteiger partial charge in [-0.25, -0.2) is 9.78 Å². The predicted octanol–water partition coefficient (Wildman–Crippen LogP) is 6.05. The van der Waals surface area contributed by atoms with E-state index in [4.69, 9.17) is 9.15 Å². The van der Waals surface area contributed by atoms with Gasteiger partial charge < -0.3 is 19.8 Å². The topological polar surface area (TPSA) is 76.4 Å². The standard InChI is InChI=1S/C24H21N3O3/c1-2-29-21-14-12-20(13-15-21)26-24(28)25-19-10-8-18(9-11-19)23-27-22(16-30-23)17-6-4-3-5-7-17/h3-16H,2H2,1H3,(H2,25,26,28). The average Bonchev–Trinajstić information content (AvgIpc) is 3.27. The first-order valence-corrected chi connectivity index (χ1v) is 9.63. The molecule has 0 bridgehead atoms. The third-order valence-electron chi connectivity index (χ3n) is 4.39. The molecular formula is C24H21N3O3. The molecule has 30 heavy (non-hydrogen) atoms. The van der Waals surface area contributed by atoms with Crippen LogP contribution in [0, 0.1) is 0 Å². The summed E-state index contributed by atoms with van der Waals surface area (Å²) in [6.45, 7) is 2.53. The van der Waals surface area contributed by atoms with Crippen molar-refractivity contribution in [3.05, 3.63) is 85.1 Å². The number of hydrogen-bond acceptors (Lipinski definition) is 4. The Balaban J connectivity index is 1.38. The Bertz CT molecular complexity index is 1100. The van der Waals surface area contributed by atoms with Gasteiger partial charge in [0, 0.05) is 22.5 Å². The first-order valence-electron chi connectivity index (χ1n) is 9.63. The number of rotatable bonds is 6. The largest absolute Gasteiger partial charge is 0.494 e. The minimum absolute atomic E-state index is 0.325. The van der Waals surface area contributed by atoms with E-state index < -0.39 is 0 Å². The molecule has 0 unspecified atom stereocenters. The summed E-state index contributed by atoms with van der Waals surface area (Å²) in [5.74, 6) is 1.29. The van der Waals surface area contributed by atoms with Gasteiger partial charge in [-0.15, -0.1) is 0 Å². The molecule has 4 aromatic rings. The molecule has 4 rings (SSSR count). The molecule has 150 valence electrons. The number of urea groups is 1. The SMILES string of the molecule is CCOc1ccc(NC(=O)Nc2ccc(-c3nc(-c4ccccc4)co3)cc2)cc1. The summed E-state index contributed by atoms with van der Waals surface area (Å²) in [5, 5.41) is 5.60. The van der Waals surface area contributed by atoms with Gasteiger partial charge in [-0.2, -0.15) is 0 Å². The fourth-order valence-electron chi connectivity index (χ4n) is 2.94. The van der Waals surface area contributed by atoms with Crippen LogP contribution in [0.5, 0.6) is 5.75 Å². The zero-order valence-electron chi connectivity index (χ0n) is 16.5. The zero-order chi connectivity index (χ0) is 20.8. The summed E-state index contributed by atoms with van der Waals surface area (Å²) in [7, 11) is 0. The maximum atomic E-state index is 12.2. The van der Waals surface area contributed by atoms with Crippen LogP contribution >= 0.6 is 0 Å². The van der Waals surface area contributed by atoms with Crippen LogP contribution in [0.3, 0.4) is 0 Å². The summed E-state index contributed by atoms with van der Waals surface area (Å²) in [4.78, 5) is 16.8. The number of anilines is 2. The van der Waals surface area contributed by atoms with Gasteiger partial charge >= 0.3 is 6.03 Å². The van der Waals surface area contributed by atoms with Crippen LogP contribution in [0.15, 0.2) is 89.5 Å². The van der Waals surface area contributed by atoms with Crippen molar-refractivity contribution in [1.82, 2.24) is 4.98 Å². The molecule has 3 aromatic carbocycles. The zero-order valence-corrected chi connectivity index (χ0v) is 16.5. The lowest BCUT2D eigenvalue weighted by Gasteiger charge is -2.09. The van der Waals surface area contributed by atoms with Gasteiger partial charge in [0.1, 0.15) is 17.7 Å². The Morgan fingerprint density at radius 2 is 1.50 bits per heavy atom. The first kappa shape index (κ1) is 19.3. The molecule has 0 saturated heterocycles. The van der Waals surface area contributed by atoms with Gasteiger partial charge in [0.2, 0.25) is 5.89 Å². The van der Waals surface area contributed by atoms with Gasteiger partial charge in [0.05, 0.1) is 6.61 Å². The second-order valence-corrected chi connectivity index (χ2v) is 6.52. The predicted molar refractivity (Wildman–Crippen MR) is 118 cm³/mol. The van der Waals surface area contributed by atoms with Crippen LogP contribution in [0.1, 0.15) is 6.92 Å². The number of benzene rings is 3. The lowest BCUT2D eigenvalue weighted by atomic mass is 10.2. The lowest BCUT2D eigenvalue weighted by Crippen LogP contribution is -2.19. The molecular weight excluding hydrogens is 378 g/mol. The van der Waals surface area contributed by atoms with E-state index in [0.717, 1.165) is 22.6 Å². The lowest BCUT2D eigenvalue weighted by molar-refractivity contribution is 0.262. The maximum absolute atomic E-state index is 12.2. The minimum atomic E-state index is -0.325. The normalized spacial score (nSPS) is 10.4. The van der Waals surface area contributed by atoms with Crippen molar-refractivity contribution >= 4 is 17.4 Å². The summed E-state index contributed by atoms with van der Waals surface area (Å²) in [6, 6.07) is 24.1. The molecule has 2 amide bonds. The van der Waals surface area contributed by atoms with E-state index in [2.05, 4.69) is 15.6 Å². The molecule has 1 aromatic heterocycles. The summed E-state index contributed by atoms with van der Waals surface area (Å²) >= 11 is 0. The Hall–Kier alpha value is -4.06. The second-order valence-electron chi connectivity index (χ2n) is 6.52. The first-order chi connectivity index (χ1) is 14.7. The van der Waals surface area contributed by atoms with Gasteiger partial charge in [0.15, 0.2) is 0 Å². The van der Waals surface area contributed by atoms with Crippen molar-refractivity contribution in [2.24, 2.45) is 0 Å². The van der Waals surface area contributed by atoms with E-state index >= 15 is 0 Å². The monoisotopic (exact) mass is 399 g/mol. The third kappa shape index (κ3) is 4.67. The van der Waals surface area contributed by atoms with E-state index in [1.807, 2.05) is 61.5 Å². The van der Waals surface area contributed by atoms with Crippen LogP contribution in [-0.4, -0.2) is 17.6 Å². The molecule has 1 heterocycles. The van der Waals surface area contributed by atoms with Crippen molar-refractivity contribution in [1.29, 1.82) is 0 Å². The van der Waals surface area contributed by atoms with Crippen LogP contribution in [-0.2, 0) is 0 Å².